The first-order valence-corrected chi connectivity index (χ1v) is 13.8. The largest absolute Gasteiger partial charge is 0.744 e. The summed E-state index contributed by atoms with van der Waals surface area (Å²) >= 11 is 0. The Hall–Kier alpha value is -1.52. The van der Waals surface area contributed by atoms with Crippen molar-refractivity contribution in [1.29, 1.82) is 0 Å². The van der Waals surface area contributed by atoms with Crippen molar-refractivity contribution in [3.8, 4) is 0 Å². The highest BCUT2D eigenvalue weighted by Crippen LogP contribution is 2.41. The Balaban J connectivity index is 2.21. The van der Waals surface area contributed by atoms with Gasteiger partial charge in [0.05, 0.1) is 29.5 Å². The molecule has 0 aliphatic carbocycles. The number of hydrogen-bond acceptors (Lipinski definition) is 7. The quantitative estimate of drug-likeness (QED) is 0.171. The lowest BCUT2D eigenvalue weighted by Crippen LogP contribution is -3.10. The summed E-state index contributed by atoms with van der Waals surface area (Å²) < 4.78 is 51.7. The van der Waals surface area contributed by atoms with Gasteiger partial charge in [-0.2, -0.15) is 0 Å². The molecule has 1 aromatic carbocycles. The standard InChI is InChI=1S/C25H41NO7S/c1-6-31-23(27)12-10-9-11-16-25(5)19(4)26(17-15-24(32-7-2)33-8-3)22-14-13-20(18-21(22)25)34(28,29)30/h13-14,18-19,24H,6-12,15-17H2,1-5H3,(H,28,29,30). The molecule has 1 heterocycles. The molecule has 9 heteroatoms. The zero-order valence-electron chi connectivity index (χ0n) is 21.2. The van der Waals surface area contributed by atoms with Crippen LogP contribution in [0.5, 0.6) is 0 Å². The monoisotopic (exact) mass is 499 g/mol. The number of nitrogens with one attached hydrogen (secondary N) is 1. The molecule has 1 N–H and O–H groups in total. The minimum Gasteiger partial charge on any atom is -0.744 e. The van der Waals surface area contributed by atoms with Gasteiger partial charge in [0.1, 0.15) is 15.8 Å². The third kappa shape index (κ3) is 7.24. The number of unbranched alkanes of at least 4 members (excludes halogenated alkanes) is 2. The summed E-state index contributed by atoms with van der Waals surface area (Å²) in [5, 5.41) is 0. The van der Waals surface area contributed by atoms with Crippen molar-refractivity contribution in [3.63, 3.8) is 0 Å². The molecule has 0 radical (unpaired) electrons. The average molecular weight is 500 g/mol. The molecule has 0 bridgehead atoms. The Labute approximate surface area is 204 Å². The van der Waals surface area contributed by atoms with Gasteiger partial charge in [0.25, 0.3) is 0 Å². The Morgan fingerprint density at radius 1 is 1.12 bits per heavy atom. The average Bonchev–Trinajstić information content (AvgIpc) is 2.98. The van der Waals surface area contributed by atoms with Crippen LogP contribution in [0.2, 0.25) is 0 Å². The maximum atomic E-state index is 11.7. The number of benzene rings is 1. The fourth-order valence-corrected chi connectivity index (χ4v) is 5.51. The summed E-state index contributed by atoms with van der Waals surface area (Å²) in [7, 11) is -4.54. The van der Waals surface area contributed by atoms with Gasteiger partial charge in [0.2, 0.25) is 0 Å². The van der Waals surface area contributed by atoms with Crippen molar-refractivity contribution in [2.45, 2.75) is 95.8 Å². The molecule has 0 amide bonds. The SMILES string of the molecule is CCOC(=O)CCCCCC1(C)c2cc(S(=O)(=O)[O-])ccc2[NH+](CCC(OCC)OCC)C1C. The van der Waals surface area contributed by atoms with Gasteiger partial charge in [-0.15, -0.1) is 0 Å². The molecule has 1 aliphatic heterocycles. The molecule has 0 saturated carbocycles. The van der Waals surface area contributed by atoms with Crippen LogP contribution in [0.4, 0.5) is 5.69 Å². The molecule has 34 heavy (non-hydrogen) atoms. The highest BCUT2D eigenvalue weighted by Gasteiger charge is 2.49. The number of quaternary nitrogens is 1. The second-order valence-corrected chi connectivity index (χ2v) is 10.5. The van der Waals surface area contributed by atoms with Crippen LogP contribution >= 0.6 is 0 Å². The first-order chi connectivity index (χ1) is 16.1. The van der Waals surface area contributed by atoms with Crippen molar-refractivity contribution >= 4 is 21.8 Å². The van der Waals surface area contributed by atoms with E-state index >= 15 is 0 Å². The van der Waals surface area contributed by atoms with Gasteiger partial charge in [-0.25, -0.2) is 8.42 Å². The van der Waals surface area contributed by atoms with Crippen LogP contribution in [0.3, 0.4) is 0 Å². The Morgan fingerprint density at radius 2 is 1.79 bits per heavy atom. The predicted molar refractivity (Wildman–Crippen MR) is 128 cm³/mol. The lowest BCUT2D eigenvalue weighted by molar-refractivity contribution is -0.857. The van der Waals surface area contributed by atoms with Gasteiger partial charge in [-0.1, -0.05) is 12.8 Å². The minimum atomic E-state index is -4.54. The van der Waals surface area contributed by atoms with Crippen molar-refractivity contribution < 1.29 is 36.9 Å². The first kappa shape index (κ1) is 28.7. The summed E-state index contributed by atoms with van der Waals surface area (Å²) in [6.45, 7) is 12.3. The third-order valence-corrected chi connectivity index (χ3v) is 7.79. The van der Waals surface area contributed by atoms with Crippen LogP contribution in [-0.2, 0) is 34.5 Å². The maximum Gasteiger partial charge on any atom is 0.305 e. The van der Waals surface area contributed by atoms with E-state index in [1.807, 2.05) is 13.8 Å². The van der Waals surface area contributed by atoms with E-state index in [1.54, 1.807) is 19.1 Å². The van der Waals surface area contributed by atoms with Crippen LogP contribution in [0.15, 0.2) is 23.1 Å². The van der Waals surface area contributed by atoms with E-state index in [4.69, 9.17) is 14.2 Å². The van der Waals surface area contributed by atoms with Crippen LogP contribution < -0.4 is 4.90 Å². The van der Waals surface area contributed by atoms with Gasteiger partial charge < -0.3 is 18.8 Å². The Morgan fingerprint density at radius 3 is 2.38 bits per heavy atom. The van der Waals surface area contributed by atoms with Gasteiger partial charge in [-0.3, -0.25) is 9.69 Å². The molecule has 3 unspecified atom stereocenters. The number of ether oxygens (including phenoxy) is 3. The molecule has 0 saturated heterocycles. The summed E-state index contributed by atoms with van der Waals surface area (Å²) in [5.41, 5.74) is 1.64. The van der Waals surface area contributed by atoms with E-state index in [1.165, 1.54) is 11.0 Å². The maximum absolute atomic E-state index is 11.7. The fraction of sp³-hybridized carbons (Fsp3) is 0.720. The van der Waals surface area contributed by atoms with Crippen molar-refractivity contribution in [1.82, 2.24) is 0 Å². The fourth-order valence-electron chi connectivity index (χ4n) is 5.02. The van der Waals surface area contributed by atoms with E-state index in [0.717, 1.165) is 43.5 Å². The number of esters is 1. The molecule has 8 nitrogen and oxygen atoms in total. The van der Waals surface area contributed by atoms with Crippen molar-refractivity contribution in [2.75, 3.05) is 26.4 Å². The van der Waals surface area contributed by atoms with Gasteiger partial charge in [-0.05, 0) is 59.6 Å². The number of carbonyl (C=O) groups is 1. The molecular weight excluding hydrogens is 458 g/mol. The van der Waals surface area contributed by atoms with E-state index in [-0.39, 0.29) is 28.6 Å². The summed E-state index contributed by atoms with van der Waals surface area (Å²) in [5.74, 6) is -0.174. The second-order valence-electron chi connectivity index (χ2n) is 9.07. The van der Waals surface area contributed by atoms with Crippen molar-refractivity contribution in [2.24, 2.45) is 0 Å². The first-order valence-electron chi connectivity index (χ1n) is 12.4. The molecule has 0 spiro atoms. The van der Waals surface area contributed by atoms with E-state index < -0.39 is 10.1 Å². The molecule has 1 aromatic rings. The van der Waals surface area contributed by atoms with Crippen LogP contribution in [0.1, 0.15) is 78.7 Å². The minimum absolute atomic E-state index is 0.168. The molecule has 194 valence electrons. The Bertz CT molecular complexity index is 899. The van der Waals surface area contributed by atoms with Crippen LogP contribution in [-0.4, -0.2) is 57.6 Å². The third-order valence-electron chi connectivity index (χ3n) is 6.96. The molecule has 2 rings (SSSR count). The zero-order chi connectivity index (χ0) is 25.4. The molecular formula is C25H41NO7S. The highest BCUT2D eigenvalue weighted by atomic mass is 32.2. The van der Waals surface area contributed by atoms with Gasteiger partial charge in [0.15, 0.2) is 6.29 Å². The number of hydrogen-bond donors (Lipinski definition) is 1. The van der Waals surface area contributed by atoms with Crippen molar-refractivity contribution in [3.05, 3.63) is 23.8 Å². The number of fused-ring (bicyclic) bond motifs is 1. The molecule has 3 atom stereocenters. The smallest absolute Gasteiger partial charge is 0.305 e. The summed E-state index contributed by atoms with van der Waals surface area (Å²) in [4.78, 5) is 12.7. The normalized spacial score (nSPS) is 22.2. The predicted octanol–water partition coefficient (Wildman–Crippen LogP) is 3.07. The second kappa shape index (κ2) is 13.0. The lowest BCUT2D eigenvalue weighted by Gasteiger charge is -2.31. The highest BCUT2D eigenvalue weighted by molar-refractivity contribution is 7.85. The molecule has 1 aliphatic rings. The molecule has 0 aromatic heterocycles. The van der Waals surface area contributed by atoms with Crippen LogP contribution in [0, 0.1) is 0 Å². The van der Waals surface area contributed by atoms with E-state index in [9.17, 15) is 17.8 Å². The topological polar surface area (TPSA) is 106 Å². The number of carbonyl (C=O) groups excluding carboxylic acids is 1. The molecule has 0 fully saturated rings. The van der Waals surface area contributed by atoms with Gasteiger partial charge >= 0.3 is 5.97 Å². The zero-order valence-corrected chi connectivity index (χ0v) is 22.0. The van der Waals surface area contributed by atoms with Crippen LogP contribution in [0.25, 0.3) is 0 Å². The Kier molecular flexibility index (Phi) is 11.0. The van der Waals surface area contributed by atoms with Gasteiger partial charge in [0, 0.05) is 37.7 Å². The number of rotatable bonds is 15. The van der Waals surface area contributed by atoms with E-state index in [2.05, 4.69) is 13.8 Å². The summed E-state index contributed by atoms with van der Waals surface area (Å²) in [6.07, 6.45) is 4.18. The lowest BCUT2D eigenvalue weighted by atomic mass is 9.75. The van der Waals surface area contributed by atoms with E-state index in [0.29, 0.717) is 32.7 Å². The summed E-state index contributed by atoms with van der Waals surface area (Å²) in [6, 6.07) is 4.94.